The molecule has 8 heteroatoms. The number of aryl methyl sites for hydroxylation is 1. The molecule has 0 saturated carbocycles. The van der Waals surface area contributed by atoms with Crippen LogP contribution in [0.3, 0.4) is 0 Å². The van der Waals surface area contributed by atoms with Gasteiger partial charge in [-0.15, -0.1) is 0 Å². The van der Waals surface area contributed by atoms with Gasteiger partial charge in [-0.3, -0.25) is 9.20 Å². The first-order valence-corrected chi connectivity index (χ1v) is 6.17. The molecule has 108 valence electrons. The first kappa shape index (κ1) is 14.6. The maximum Gasteiger partial charge on any atom is 0.417 e. The molecule has 2 aromatic heterocycles. The third kappa shape index (κ3) is 2.33. The molecular weight excluding hydrogens is 295 g/mol. The van der Waals surface area contributed by atoms with Crippen molar-refractivity contribution in [2.45, 2.75) is 19.5 Å². The molecule has 2 rings (SSSR count). The molecule has 0 saturated heterocycles. The Balaban J connectivity index is 2.82. The molecule has 1 amide bonds. The van der Waals surface area contributed by atoms with E-state index in [2.05, 4.69) is 10.3 Å². The van der Waals surface area contributed by atoms with Gasteiger partial charge in [0.1, 0.15) is 5.69 Å². The molecule has 0 radical (unpaired) electrons. The number of pyridine rings is 1. The van der Waals surface area contributed by atoms with Crippen molar-refractivity contribution in [2.24, 2.45) is 0 Å². The fraction of sp³-hybridized carbons (Fsp3) is 0.333. The van der Waals surface area contributed by atoms with E-state index in [1.807, 2.05) is 0 Å². The van der Waals surface area contributed by atoms with Crippen LogP contribution in [0.5, 0.6) is 0 Å². The number of imidazole rings is 1. The maximum absolute atomic E-state index is 12.8. The molecule has 2 heterocycles. The predicted octanol–water partition coefficient (Wildman–Crippen LogP) is 2.93. The first-order valence-electron chi connectivity index (χ1n) is 5.79. The standard InChI is InChI=1S/C12H11ClF3N3O/c1-3-8-9(11(20)17-2)19-5-6(12(14,15)16)4-7(13)10(19)18-8/h4-5H,3H2,1-2H3,(H,17,20). The summed E-state index contributed by atoms with van der Waals surface area (Å²) in [7, 11) is 1.40. The van der Waals surface area contributed by atoms with E-state index in [-0.39, 0.29) is 16.4 Å². The highest BCUT2D eigenvalue weighted by molar-refractivity contribution is 6.33. The summed E-state index contributed by atoms with van der Waals surface area (Å²) in [6, 6.07) is 0.803. The van der Waals surface area contributed by atoms with Crippen LogP contribution in [-0.2, 0) is 12.6 Å². The Morgan fingerprint density at radius 1 is 1.50 bits per heavy atom. The number of fused-ring (bicyclic) bond motifs is 1. The van der Waals surface area contributed by atoms with Crippen LogP contribution in [0.15, 0.2) is 12.3 Å². The van der Waals surface area contributed by atoms with Gasteiger partial charge in [-0.2, -0.15) is 13.2 Å². The van der Waals surface area contributed by atoms with Crippen LogP contribution >= 0.6 is 11.6 Å². The molecule has 0 aliphatic carbocycles. The number of hydrogen-bond acceptors (Lipinski definition) is 2. The molecule has 0 spiro atoms. The zero-order valence-corrected chi connectivity index (χ0v) is 11.4. The van der Waals surface area contributed by atoms with Crippen molar-refractivity contribution in [3.05, 3.63) is 34.2 Å². The number of rotatable bonds is 2. The molecule has 0 bridgehead atoms. The van der Waals surface area contributed by atoms with Gasteiger partial charge in [0, 0.05) is 13.2 Å². The maximum atomic E-state index is 12.8. The molecule has 0 fully saturated rings. The summed E-state index contributed by atoms with van der Waals surface area (Å²) >= 11 is 5.84. The van der Waals surface area contributed by atoms with E-state index in [0.717, 1.165) is 16.7 Å². The second-order valence-corrected chi connectivity index (χ2v) is 4.52. The summed E-state index contributed by atoms with van der Waals surface area (Å²) in [5.41, 5.74) is -0.334. The molecule has 1 N–H and O–H groups in total. The molecule has 0 unspecified atom stereocenters. The van der Waals surface area contributed by atoms with Crippen LogP contribution in [0.4, 0.5) is 13.2 Å². The molecule has 0 aliphatic heterocycles. The average Bonchev–Trinajstić information content (AvgIpc) is 2.75. The van der Waals surface area contributed by atoms with Gasteiger partial charge in [0.2, 0.25) is 0 Å². The van der Waals surface area contributed by atoms with E-state index >= 15 is 0 Å². The lowest BCUT2D eigenvalue weighted by atomic mass is 10.2. The number of carbonyl (C=O) groups excluding carboxylic acids is 1. The molecular formula is C12H11ClF3N3O. The summed E-state index contributed by atoms with van der Waals surface area (Å²) in [5.74, 6) is -0.509. The number of amides is 1. The van der Waals surface area contributed by atoms with Gasteiger partial charge in [0.15, 0.2) is 5.65 Å². The Morgan fingerprint density at radius 3 is 2.65 bits per heavy atom. The van der Waals surface area contributed by atoms with Gasteiger partial charge < -0.3 is 5.32 Å². The van der Waals surface area contributed by atoms with Gasteiger partial charge in [0.05, 0.1) is 16.3 Å². The number of aromatic nitrogens is 2. The predicted molar refractivity (Wildman–Crippen MR) is 68.0 cm³/mol. The molecule has 0 aromatic carbocycles. The van der Waals surface area contributed by atoms with Crippen LogP contribution in [0.2, 0.25) is 5.02 Å². The lowest BCUT2D eigenvalue weighted by Gasteiger charge is -2.09. The fourth-order valence-corrected chi connectivity index (χ4v) is 2.16. The molecule has 0 aliphatic rings. The van der Waals surface area contributed by atoms with Crippen molar-refractivity contribution in [2.75, 3.05) is 7.05 Å². The smallest absolute Gasteiger partial charge is 0.354 e. The zero-order valence-electron chi connectivity index (χ0n) is 10.7. The normalized spacial score (nSPS) is 11.9. The lowest BCUT2D eigenvalue weighted by molar-refractivity contribution is -0.137. The minimum absolute atomic E-state index is 0.0676. The van der Waals surface area contributed by atoms with Gasteiger partial charge in [-0.1, -0.05) is 18.5 Å². The summed E-state index contributed by atoms with van der Waals surface area (Å²) in [5, 5.41) is 2.24. The van der Waals surface area contributed by atoms with Crippen LogP contribution < -0.4 is 5.32 Å². The lowest BCUT2D eigenvalue weighted by Crippen LogP contribution is -2.21. The zero-order chi connectivity index (χ0) is 15.1. The highest BCUT2D eigenvalue weighted by atomic mass is 35.5. The van der Waals surface area contributed by atoms with E-state index in [4.69, 9.17) is 11.6 Å². The second kappa shape index (κ2) is 4.97. The van der Waals surface area contributed by atoms with Crippen LogP contribution in [0.25, 0.3) is 5.65 Å². The number of alkyl halides is 3. The number of nitrogens with zero attached hydrogens (tertiary/aromatic N) is 2. The fourth-order valence-electron chi connectivity index (χ4n) is 1.91. The van der Waals surface area contributed by atoms with Crippen LogP contribution in [0, 0.1) is 0 Å². The van der Waals surface area contributed by atoms with Gasteiger partial charge in [-0.05, 0) is 12.5 Å². The molecule has 4 nitrogen and oxygen atoms in total. The van der Waals surface area contributed by atoms with E-state index in [1.165, 1.54) is 7.05 Å². The van der Waals surface area contributed by atoms with Crippen molar-refractivity contribution in [3.8, 4) is 0 Å². The average molecular weight is 306 g/mol. The Morgan fingerprint density at radius 2 is 2.15 bits per heavy atom. The highest BCUT2D eigenvalue weighted by Crippen LogP contribution is 2.33. The van der Waals surface area contributed by atoms with Crippen LogP contribution in [0.1, 0.15) is 28.7 Å². The van der Waals surface area contributed by atoms with Crippen molar-refractivity contribution >= 4 is 23.2 Å². The molecule has 2 aromatic rings. The minimum Gasteiger partial charge on any atom is -0.354 e. The number of halogens is 4. The monoisotopic (exact) mass is 305 g/mol. The van der Waals surface area contributed by atoms with Crippen molar-refractivity contribution < 1.29 is 18.0 Å². The van der Waals surface area contributed by atoms with E-state index in [1.54, 1.807) is 6.92 Å². The number of carbonyl (C=O) groups is 1. The van der Waals surface area contributed by atoms with Crippen molar-refractivity contribution in [1.82, 2.24) is 14.7 Å². The minimum atomic E-state index is -4.55. The van der Waals surface area contributed by atoms with E-state index in [9.17, 15) is 18.0 Å². The number of nitrogens with one attached hydrogen (secondary N) is 1. The van der Waals surface area contributed by atoms with Crippen molar-refractivity contribution in [3.63, 3.8) is 0 Å². The Hall–Kier alpha value is -1.76. The Labute approximate surface area is 117 Å². The summed E-state index contributed by atoms with van der Waals surface area (Å²) in [6.45, 7) is 1.76. The first-order chi connectivity index (χ1) is 9.29. The quantitative estimate of drug-likeness (QED) is 0.927. The Bertz CT molecular complexity index is 679. The van der Waals surface area contributed by atoms with Gasteiger partial charge >= 0.3 is 6.18 Å². The van der Waals surface area contributed by atoms with E-state index < -0.39 is 17.6 Å². The number of hydrogen-bond donors (Lipinski definition) is 1. The largest absolute Gasteiger partial charge is 0.417 e. The van der Waals surface area contributed by atoms with Gasteiger partial charge in [0.25, 0.3) is 5.91 Å². The van der Waals surface area contributed by atoms with Crippen molar-refractivity contribution in [1.29, 1.82) is 0 Å². The van der Waals surface area contributed by atoms with E-state index in [0.29, 0.717) is 12.1 Å². The van der Waals surface area contributed by atoms with Crippen LogP contribution in [-0.4, -0.2) is 22.3 Å². The van der Waals surface area contributed by atoms with Gasteiger partial charge in [-0.25, -0.2) is 4.98 Å². The highest BCUT2D eigenvalue weighted by Gasteiger charge is 2.33. The SMILES string of the molecule is CCc1nc2c(Cl)cc(C(F)(F)F)cn2c1C(=O)NC. The third-order valence-electron chi connectivity index (χ3n) is 2.85. The summed E-state index contributed by atoms with van der Waals surface area (Å²) in [4.78, 5) is 16.0. The topological polar surface area (TPSA) is 46.4 Å². The Kier molecular flexibility index (Phi) is 3.64. The second-order valence-electron chi connectivity index (χ2n) is 4.11. The molecule has 0 atom stereocenters. The summed E-state index contributed by atoms with van der Waals surface area (Å²) < 4.78 is 39.5. The third-order valence-corrected chi connectivity index (χ3v) is 3.13. The molecule has 20 heavy (non-hydrogen) atoms. The summed E-state index contributed by atoms with van der Waals surface area (Å²) in [6.07, 6.45) is -3.31.